The lowest BCUT2D eigenvalue weighted by Crippen LogP contribution is -2.44. The number of carbonyl (C=O) groups is 2. The molecule has 0 unspecified atom stereocenters. The highest BCUT2D eigenvalue weighted by molar-refractivity contribution is 5.78. The van der Waals surface area contributed by atoms with Crippen molar-refractivity contribution < 1.29 is 14.7 Å². The molecular weight excluding hydrogens is 218 g/mol. The fourth-order valence-electron chi connectivity index (χ4n) is 2.02. The van der Waals surface area contributed by atoms with E-state index in [1.54, 1.807) is 13.8 Å². The van der Waals surface area contributed by atoms with Gasteiger partial charge in [-0.1, -0.05) is 27.2 Å². The van der Waals surface area contributed by atoms with E-state index in [0.717, 1.165) is 12.8 Å². The fourth-order valence-corrected chi connectivity index (χ4v) is 2.02. The Labute approximate surface area is 104 Å². The molecule has 17 heavy (non-hydrogen) atoms. The zero-order valence-corrected chi connectivity index (χ0v) is 11.6. The number of hydrogen-bond acceptors (Lipinski definition) is 2. The van der Waals surface area contributed by atoms with Crippen LogP contribution in [0.3, 0.4) is 0 Å². The molecule has 0 saturated carbocycles. The van der Waals surface area contributed by atoms with Gasteiger partial charge < -0.3 is 10.4 Å². The topological polar surface area (TPSA) is 66.4 Å². The summed E-state index contributed by atoms with van der Waals surface area (Å²) in [5.74, 6) is -0.940. The molecule has 0 heterocycles. The van der Waals surface area contributed by atoms with Crippen molar-refractivity contribution in [3.63, 3.8) is 0 Å². The third-order valence-corrected chi connectivity index (χ3v) is 2.62. The summed E-state index contributed by atoms with van der Waals surface area (Å²) in [6.45, 7) is 9.64. The van der Waals surface area contributed by atoms with Crippen LogP contribution in [0.25, 0.3) is 0 Å². The summed E-state index contributed by atoms with van der Waals surface area (Å²) in [4.78, 5) is 22.5. The molecule has 0 aliphatic carbocycles. The van der Waals surface area contributed by atoms with E-state index in [1.807, 2.05) is 13.8 Å². The summed E-state index contributed by atoms with van der Waals surface area (Å²) < 4.78 is 0. The molecule has 0 bridgehead atoms. The van der Waals surface area contributed by atoms with Gasteiger partial charge in [0.1, 0.15) is 0 Å². The summed E-state index contributed by atoms with van der Waals surface area (Å²) >= 11 is 0. The van der Waals surface area contributed by atoms with E-state index in [9.17, 15) is 9.59 Å². The van der Waals surface area contributed by atoms with Crippen molar-refractivity contribution >= 4 is 11.9 Å². The largest absolute Gasteiger partial charge is 0.481 e. The minimum absolute atomic E-state index is 0.00856. The molecule has 4 heteroatoms. The van der Waals surface area contributed by atoms with Gasteiger partial charge in [-0.25, -0.2) is 0 Å². The van der Waals surface area contributed by atoms with E-state index in [-0.39, 0.29) is 24.3 Å². The second-order valence-electron chi connectivity index (χ2n) is 6.09. The fraction of sp³-hybridized carbons (Fsp3) is 0.846. The van der Waals surface area contributed by atoms with E-state index in [1.165, 1.54) is 0 Å². The van der Waals surface area contributed by atoms with Gasteiger partial charge in [-0.05, 0) is 25.7 Å². The maximum Gasteiger partial charge on any atom is 0.303 e. The minimum Gasteiger partial charge on any atom is -0.481 e. The van der Waals surface area contributed by atoms with Gasteiger partial charge >= 0.3 is 5.97 Å². The van der Waals surface area contributed by atoms with E-state index in [4.69, 9.17) is 5.11 Å². The second kappa shape index (κ2) is 6.03. The second-order valence-corrected chi connectivity index (χ2v) is 6.09. The number of carboxylic acid groups (broad SMARTS) is 1. The molecular formula is C13H25NO3. The Morgan fingerprint density at radius 3 is 2.06 bits per heavy atom. The Hall–Kier alpha value is -1.06. The van der Waals surface area contributed by atoms with Crippen molar-refractivity contribution in [1.29, 1.82) is 0 Å². The van der Waals surface area contributed by atoms with Crippen molar-refractivity contribution in [2.45, 2.75) is 65.8 Å². The maximum atomic E-state index is 11.8. The Balaban J connectivity index is 4.31. The van der Waals surface area contributed by atoms with Gasteiger partial charge in [0.05, 0.1) is 6.42 Å². The Morgan fingerprint density at radius 1 is 1.12 bits per heavy atom. The van der Waals surface area contributed by atoms with Crippen LogP contribution in [0.2, 0.25) is 0 Å². The predicted octanol–water partition coefficient (Wildman–Crippen LogP) is 2.57. The molecule has 4 nitrogen and oxygen atoms in total. The van der Waals surface area contributed by atoms with Crippen molar-refractivity contribution in [3.05, 3.63) is 0 Å². The summed E-state index contributed by atoms with van der Waals surface area (Å²) in [5, 5.41) is 11.7. The average molecular weight is 243 g/mol. The molecule has 0 aliphatic heterocycles. The van der Waals surface area contributed by atoms with Crippen molar-refractivity contribution in [1.82, 2.24) is 5.32 Å². The lowest BCUT2D eigenvalue weighted by molar-refractivity contribution is -0.139. The van der Waals surface area contributed by atoms with Crippen LogP contribution in [0.15, 0.2) is 0 Å². The molecule has 0 aromatic rings. The Kier molecular flexibility index (Phi) is 5.66. The van der Waals surface area contributed by atoms with E-state index in [0.29, 0.717) is 0 Å². The average Bonchev–Trinajstić information content (AvgIpc) is 1.96. The first kappa shape index (κ1) is 15.9. The summed E-state index contributed by atoms with van der Waals surface area (Å²) in [5.41, 5.74) is -0.719. The lowest BCUT2D eigenvalue weighted by Gasteiger charge is -2.29. The van der Waals surface area contributed by atoms with Gasteiger partial charge in [0, 0.05) is 12.0 Å². The summed E-state index contributed by atoms with van der Waals surface area (Å²) in [7, 11) is 0. The molecule has 0 saturated heterocycles. The Bertz CT molecular complexity index is 282. The monoisotopic (exact) mass is 243 g/mol. The molecule has 0 spiro atoms. The molecule has 0 aromatic heterocycles. The molecule has 0 fully saturated rings. The normalized spacial score (nSPS) is 12.3. The van der Waals surface area contributed by atoms with Crippen molar-refractivity contribution in [2.75, 3.05) is 0 Å². The van der Waals surface area contributed by atoms with Crippen molar-refractivity contribution in [2.24, 2.45) is 5.41 Å². The number of aliphatic carboxylic acids is 1. The molecule has 0 aromatic carbocycles. The molecule has 0 aliphatic rings. The standard InChI is InChI=1S/C13H25NO3/c1-6-7-13(4,5)14-10(15)8-12(2,3)9-11(16)17/h6-9H2,1-5H3,(H,14,15)(H,16,17). The van der Waals surface area contributed by atoms with Crippen LogP contribution in [-0.4, -0.2) is 22.5 Å². The third-order valence-electron chi connectivity index (χ3n) is 2.62. The van der Waals surface area contributed by atoms with Gasteiger partial charge in [0.2, 0.25) is 5.91 Å². The molecule has 0 radical (unpaired) electrons. The molecule has 0 rings (SSSR count). The lowest BCUT2D eigenvalue weighted by atomic mass is 9.85. The van der Waals surface area contributed by atoms with Crippen LogP contribution in [0.1, 0.15) is 60.3 Å². The number of hydrogen-bond donors (Lipinski definition) is 2. The number of carbonyl (C=O) groups excluding carboxylic acids is 1. The molecule has 0 atom stereocenters. The SMILES string of the molecule is CCCC(C)(C)NC(=O)CC(C)(C)CC(=O)O. The van der Waals surface area contributed by atoms with E-state index >= 15 is 0 Å². The van der Waals surface area contributed by atoms with Crippen LogP contribution in [0, 0.1) is 5.41 Å². The first-order chi connectivity index (χ1) is 7.58. The smallest absolute Gasteiger partial charge is 0.303 e. The number of nitrogens with one attached hydrogen (secondary N) is 1. The van der Waals surface area contributed by atoms with Gasteiger partial charge in [0.25, 0.3) is 0 Å². The van der Waals surface area contributed by atoms with E-state index in [2.05, 4.69) is 12.2 Å². The van der Waals surface area contributed by atoms with Crippen LogP contribution < -0.4 is 5.32 Å². The first-order valence-electron chi connectivity index (χ1n) is 6.11. The van der Waals surface area contributed by atoms with Gasteiger partial charge in [-0.15, -0.1) is 0 Å². The van der Waals surface area contributed by atoms with Crippen LogP contribution in [0.5, 0.6) is 0 Å². The number of rotatable bonds is 7. The zero-order chi connectivity index (χ0) is 13.7. The minimum atomic E-state index is -0.865. The number of amides is 1. The highest BCUT2D eigenvalue weighted by Crippen LogP contribution is 2.25. The zero-order valence-electron chi connectivity index (χ0n) is 11.6. The third kappa shape index (κ3) is 7.77. The first-order valence-corrected chi connectivity index (χ1v) is 6.11. The summed E-state index contributed by atoms with van der Waals surface area (Å²) in [6.07, 6.45) is 2.17. The predicted molar refractivity (Wildman–Crippen MR) is 67.8 cm³/mol. The van der Waals surface area contributed by atoms with E-state index < -0.39 is 11.4 Å². The van der Waals surface area contributed by atoms with Crippen LogP contribution in [0.4, 0.5) is 0 Å². The highest BCUT2D eigenvalue weighted by Gasteiger charge is 2.27. The van der Waals surface area contributed by atoms with Crippen molar-refractivity contribution in [3.8, 4) is 0 Å². The maximum absolute atomic E-state index is 11.8. The number of carboxylic acids is 1. The van der Waals surface area contributed by atoms with Crippen LogP contribution in [-0.2, 0) is 9.59 Å². The van der Waals surface area contributed by atoms with Gasteiger partial charge in [-0.3, -0.25) is 9.59 Å². The quantitative estimate of drug-likeness (QED) is 0.722. The molecule has 1 amide bonds. The van der Waals surface area contributed by atoms with Gasteiger partial charge in [0.15, 0.2) is 0 Å². The van der Waals surface area contributed by atoms with Gasteiger partial charge in [-0.2, -0.15) is 0 Å². The summed E-state index contributed by atoms with van der Waals surface area (Å²) in [6, 6.07) is 0. The van der Waals surface area contributed by atoms with Crippen LogP contribution >= 0.6 is 0 Å². The molecule has 2 N–H and O–H groups in total. The Morgan fingerprint density at radius 2 is 1.65 bits per heavy atom. The highest BCUT2D eigenvalue weighted by atomic mass is 16.4. The molecule has 100 valence electrons.